The zero-order valence-electron chi connectivity index (χ0n) is 8.76. The van der Waals surface area contributed by atoms with Crippen molar-refractivity contribution in [3.63, 3.8) is 0 Å². The summed E-state index contributed by atoms with van der Waals surface area (Å²) >= 11 is 3.09. The summed E-state index contributed by atoms with van der Waals surface area (Å²) in [7, 11) is 0. The Hall–Kier alpha value is -1.04. The van der Waals surface area contributed by atoms with E-state index in [0.29, 0.717) is 10.0 Å². The van der Waals surface area contributed by atoms with Crippen molar-refractivity contribution in [1.29, 1.82) is 0 Å². The van der Waals surface area contributed by atoms with Crippen molar-refractivity contribution in [1.82, 2.24) is 4.98 Å². The molecule has 0 saturated heterocycles. The third-order valence-electron chi connectivity index (χ3n) is 2.01. The molecule has 0 aliphatic heterocycles. The number of alkyl halides is 2. The van der Waals surface area contributed by atoms with Crippen LogP contribution < -0.4 is 0 Å². The van der Waals surface area contributed by atoms with Crippen molar-refractivity contribution in [3.8, 4) is 0 Å². The van der Waals surface area contributed by atoms with Crippen LogP contribution in [0.5, 0.6) is 0 Å². The molecule has 1 rings (SSSR count). The fraction of sp³-hybridized carbons (Fsp3) is 0.400. The van der Waals surface area contributed by atoms with E-state index in [4.69, 9.17) is 0 Å². The molecule has 88 valence electrons. The molecule has 0 aromatic carbocycles. The number of pyridine rings is 1. The maximum absolute atomic E-state index is 12.8. The fourth-order valence-electron chi connectivity index (χ4n) is 1.22. The summed E-state index contributed by atoms with van der Waals surface area (Å²) < 4.78 is 30.7. The molecule has 16 heavy (non-hydrogen) atoms. The number of aromatic nitrogens is 1. The Morgan fingerprint density at radius 1 is 1.62 bits per heavy atom. The number of ether oxygens (including phenoxy) is 1. The van der Waals surface area contributed by atoms with E-state index in [-0.39, 0.29) is 17.9 Å². The molecule has 0 unspecified atom stereocenters. The Morgan fingerprint density at radius 2 is 2.25 bits per heavy atom. The minimum absolute atomic E-state index is 0.123. The van der Waals surface area contributed by atoms with E-state index in [1.807, 2.05) is 0 Å². The van der Waals surface area contributed by atoms with Crippen molar-refractivity contribution < 1.29 is 18.3 Å². The largest absolute Gasteiger partial charge is 0.461 e. The molecular weight excluding hydrogens is 284 g/mol. The molecule has 6 heteroatoms. The summed E-state index contributed by atoms with van der Waals surface area (Å²) in [6.45, 7) is 3.22. The molecule has 1 heterocycles. The lowest BCUT2D eigenvalue weighted by Gasteiger charge is -2.11. The zero-order chi connectivity index (χ0) is 12.3. The van der Waals surface area contributed by atoms with E-state index in [1.54, 1.807) is 6.92 Å². The molecule has 0 atom stereocenters. The number of hydrogen-bond donors (Lipinski definition) is 0. The molecule has 0 spiro atoms. The molecule has 0 saturated carbocycles. The van der Waals surface area contributed by atoms with Crippen LogP contribution in [0.3, 0.4) is 0 Å². The van der Waals surface area contributed by atoms with E-state index >= 15 is 0 Å². The van der Waals surface area contributed by atoms with Gasteiger partial charge in [-0.25, -0.2) is 18.6 Å². The van der Waals surface area contributed by atoms with Gasteiger partial charge in [0.25, 0.3) is 6.43 Å². The highest BCUT2D eigenvalue weighted by Gasteiger charge is 2.24. The van der Waals surface area contributed by atoms with E-state index in [9.17, 15) is 13.6 Å². The second-order valence-corrected chi connectivity index (χ2v) is 3.87. The van der Waals surface area contributed by atoms with Crippen molar-refractivity contribution in [3.05, 3.63) is 27.5 Å². The van der Waals surface area contributed by atoms with Crippen LogP contribution in [0.4, 0.5) is 8.78 Å². The van der Waals surface area contributed by atoms with Gasteiger partial charge >= 0.3 is 5.97 Å². The summed E-state index contributed by atoms with van der Waals surface area (Å²) in [6.07, 6.45) is -1.45. The van der Waals surface area contributed by atoms with Gasteiger partial charge in [-0.2, -0.15) is 0 Å². The molecule has 0 radical (unpaired) electrons. The Balaban J connectivity index is 3.28. The van der Waals surface area contributed by atoms with Crippen LogP contribution >= 0.6 is 15.9 Å². The van der Waals surface area contributed by atoms with Gasteiger partial charge in [0.2, 0.25) is 0 Å². The average molecular weight is 294 g/mol. The molecule has 0 aliphatic carbocycles. The van der Waals surface area contributed by atoms with Crippen LogP contribution in [0, 0.1) is 6.92 Å². The number of halogens is 3. The standard InChI is InChI=1S/C10H10BrF2NO2/c1-3-16-10(15)8-7(9(12)13)5(2)6(11)4-14-8/h4,9H,3H2,1-2H3. The maximum Gasteiger partial charge on any atom is 0.357 e. The van der Waals surface area contributed by atoms with Crippen molar-refractivity contribution in [2.45, 2.75) is 20.3 Å². The van der Waals surface area contributed by atoms with Crippen LogP contribution in [-0.2, 0) is 4.74 Å². The van der Waals surface area contributed by atoms with Crippen LogP contribution in [0.25, 0.3) is 0 Å². The first-order chi connectivity index (χ1) is 7.49. The minimum Gasteiger partial charge on any atom is -0.461 e. The van der Waals surface area contributed by atoms with E-state index < -0.39 is 12.4 Å². The lowest BCUT2D eigenvalue weighted by atomic mass is 10.1. The first kappa shape index (κ1) is 13.0. The monoisotopic (exact) mass is 293 g/mol. The SMILES string of the molecule is CCOC(=O)c1ncc(Br)c(C)c1C(F)F. The Morgan fingerprint density at radius 3 is 2.75 bits per heavy atom. The quantitative estimate of drug-likeness (QED) is 0.803. The van der Waals surface area contributed by atoms with Gasteiger partial charge in [0.1, 0.15) is 0 Å². The smallest absolute Gasteiger partial charge is 0.357 e. The number of rotatable bonds is 3. The molecule has 0 amide bonds. The van der Waals surface area contributed by atoms with Gasteiger partial charge in [0.05, 0.1) is 12.2 Å². The van der Waals surface area contributed by atoms with Gasteiger partial charge in [-0.1, -0.05) is 0 Å². The minimum atomic E-state index is -2.76. The predicted octanol–water partition coefficient (Wildman–Crippen LogP) is 3.27. The number of hydrogen-bond acceptors (Lipinski definition) is 3. The highest BCUT2D eigenvalue weighted by molar-refractivity contribution is 9.10. The highest BCUT2D eigenvalue weighted by Crippen LogP contribution is 2.30. The molecule has 3 nitrogen and oxygen atoms in total. The second-order valence-electron chi connectivity index (χ2n) is 3.01. The second kappa shape index (κ2) is 5.34. The lowest BCUT2D eigenvalue weighted by Crippen LogP contribution is -2.12. The van der Waals surface area contributed by atoms with Crippen LogP contribution in [0.2, 0.25) is 0 Å². The number of carbonyl (C=O) groups is 1. The van der Waals surface area contributed by atoms with Crippen molar-refractivity contribution >= 4 is 21.9 Å². The third kappa shape index (κ3) is 2.55. The van der Waals surface area contributed by atoms with E-state index in [0.717, 1.165) is 0 Å². The molecule has 1 aromatic heterocycles. The van der Waals surface area contributed by atoms with Gasteiger partial charge in [0.15, 0.2) is 5.69 Å². The number of esters is 1. The zero-order valence-corrected chi connectivity index (χ0v) is 10.3. The lowest BCUT2D eigenvalue weighted by molar-refractivity contribution is 0.0507. The average Bonchev–Trinajstić information content (AvgIpc) is 2.21. The van der Waals surface area contributed by atoms with Crippen LogP contribution in [-0.4, -0.2) is 17.6 Å². The first-order valence-corrected chi connectivity index (χ1v) is 5.38. The van der Waals surface area contributed by atoms with Gasteiger partial charge in [0, 0.05) is 10.7 Å². The molecule has 0 aliphatic rings. The summed E-state index contributed by atoms with van der Waals surface area (Å²) in [5.74, 6) is -0.826. The van der Waals surface area contributed by atoms with Gasteiger partial charge in [-0.15, -0.1) is 0 Å². The van der Waals surface area contributed by atoms with Crippen LogP contribution in [0.1, 0.15) is 35.0 Å². The summed E-state index contributed by atoms with van der Waals surface area (Å²) in [5, 5.41) is 0. The molecule has 0 fully saturated rings. The number of nitrogens with zero attached hydrogens (tertiary/aromatic N) is 1. The first-order valence-electron chi connectivity index (χ1n) is 4.59. The van der Waals surface area contributed by atoms with Gasteiger partial charge in [-0.05, 0) is 35.3 Å². The molecule has 1 aromatic rings. The highest BCUT2D eigenvalue weighted by atomic mass is 79.9. The summed E-state index contributed by atoms with van der Waals surface area (Å²) in [4.78, 5) is 15.1. The molecule has 0 bridgehead atoms. The van der Waals surface area contributed by atoms with Gasteiger partial charge in [-0.3, -0.25) is 0 Å². The molecule has 0 N–H and O–H groups in total. The van der Waals surface area contributed by atoms with E-state index in [2.05, 4.69) is 25.7 Å². The van der Waals surface area contributed by atoms with E-state index in [1.165, 1.54) is 13.1 Å². The third-order valence-corrected chi connectivity index (χ3v) is 2.81. The van der Waals surface area contributed by atoms with Gasteiger partial charge < -0.3 is 4.74 Å². The number of carbonyl (C=O) groups excluding carboxylic acids is 1. The Kier molecular flexibility index (Phi) is 4.35. The predicted molar refractivity (Wildman–Crippen MR) is 57.6 cm³/mol. The fourth-order valence-corrected chi connectivity index (χ4v) is 1.54. The van der Waals surface area contributed by atoms with Crippen molar-refractivity contribution in [2.24, 2.45) is 0 Å². The van der Waals surface area contributed by atoms with Crippen molar-refractivity contribution in [2.75, 3.05) is 6.61 Å². The Bertz CT molecular complexity index is 410. The molecular formula is C10H10BrF2NO2. The summed E-state index contributed by atoms with van der Waals surface area (Å²) in [5.41, 5.74) is -0.404. The topological polar surface area (TPSA) is 39.2 Å². The summed E-state index contributed by atoms with van der Waals surface area (Å²) in [6, 6.07) is 0. The Labute approximate surface area is 99.9 Å². The van der Waals surface area contributed by atoms with Crippen LogP contribution in [0.15, 0.2) is 10.7 Å². The normalized spacial score (nSPS) is 10.6. The maximum atomic E-state index is 12.8.